The molecule has 0 amide bonds. The summed E-state index contributed by atoms with van der Waals surface area (Å²) in [4.78, 5) is 0. The Hall–Kier alpha value is 0.690. The van der Waals surface area contributed by atoms with Crippen molar-refractivity contribution >= 4 is 30.8 Å². The van der Waals surface area contributed by atoms with Crippen LogP contribution in [0, 0.1) is 0 Å². The van der Waals surface area contributed by atoms with Crippen LogP contribution in [0.4, 0.5) is 0 Å². The molecule has 0 spiro atoms. The summed E-state index contributed by atoms with van der Waals surface area (Å²) in [6, 6.07) is 0. The molecule has 1 unspecified atom stereocenters. The van der Waals surface area contributed by atoms with Gasteiger partial charge in [-0.25, -0.2) is 0 Å². The van der Waals surface area contributed by atoms with Crippen molar-refractivity contribution < 1.29 is 13.6 Å². The first-order valence-electron chi connectivity index (χ1n) is 5.87. The number of halogens is 2. The quantitative estimate of drug-likeness (QED) is 0.360. The van der Waals surface area contributed by atoms with E-state index in [1.807, 2.05) is 0 Å². The van der Waals surface area contributed by atoms with Gasteiger partial charge in [-0.05, 0) is 6.42 Å². The standard InChI is InChI=1S/C10H22Cl2NO3P/c1-2-3-4-5-10(13)17(14,15-8-6-11)16-9-7-12/h10H,2-9,13H2,1H3. The van der Waals surface area contributed by atoms with Crippen molar-refractivity contribution in [3.05, 3.63) is 0 Å². The van der Waals surface area contributed by atoms with Crippen LogP contribution in [0.25, 0.3) is 0 Å². The highest BCUT2D eigenvalue weighted by atomic mass is 35.5. The molecule has 0 aliphatic carbocycles. The molecule has 0 saturated heterocycles. The molecule has 0 aromatic heterocycles. The van der Waals surface area contributed by atoms with E-state index in [0.29, 0.717) is 6.42 Å². The minimum atomic E-state index is -3.27. The van der Waals surface area contributed by atoms with Gasteiger partial charge in [0.1, 0.15) is 5.78 Å². The van der Waals surface area contributed by atoms with Crippen LogP contribution >= 0.6 is 30.8 Å². The Balaban J connectivity index is 4.27. The number of rotatable bonds is 11. The Morgan fingerprint density at radius 2 is 1.71 bits per heavy atom. The molecule has 2 N–H and O–H groups in total. The van der Waals surface area contributed by atoms with E-state index in [4.69, 9.17) is 38.0 Å². The Bertz CT molecular complexity index is 220. The molecule has 0 aromatic carbocycles. The average molecular weight is 306 g/mol. The van der Waals surface area contributed by atoms with E-state index in [9.17, 15) is 4.57 Å². The summed E-state index contributed by atoms with van der Waals surface area (Å²) in [5, 5.41) is 0. The first-order chi connectivity index (χ1) is 8.10. The van der Waals surface area contributed by atoms with E-state index in [1.165, 1.54) is 0 Å². The molecule has 0 aliphatic rings. The van der Waals surface area contributed by atoms with Crippen LogP contribution in [0.5, 0.6) is 0 Å². The third-order valence-electron chi connectivity index (χ3n) is 2.21. The van der Waals surface area contributed by atoms with Crippen LogP contribution in [0.3, 0.4) is 0 Å². The van der Waals surface area contributed by atoms with E-state index >= 15 is 0 Å². The maximum atomic E-state index is 12.3. The topological polar surface area (TPSA) is 61.6 Å². The van der Waals surface area contributed by atoms with Crippen LogP contribution in [-0.4, -0.2) is 30.8 Å². The lowest BCUT2D eigenvalue weighted by Crippen LogP contribution is -2.23. The van der Waals surface area contributed by atoms with Gasteiger partial charge < -0.3 is 14.8 Å². The van der Waals surface area contributed by atoms with Gasteiger partial charge in [0.25, 0.3) is 0 Å². The summed E-state index contributed by atoms with van der Waals surface area (Å²) in [7, 11) is -3.27. The maximum Gasteiger partial charge on any atom is 0.347 e. The highest BCUT2D eigenvalue weighted by Gasteiger charge is 2.32. The van der Waals surface area contributed by atoms with Gasteiger partial charge in [-0.15, -0.1) is 23.2 Å². The van der Waals surface area contributed by atoms with Crippen molar-refractivity contribution in [3.63, 3.8) is 0 Å². The molecular weight excluding hydrogens is 284 g/mol. The van der Waals surface area contributed by atoms with E-state index in [-0.39, 0.29) is 25.0 Å². The Labute approximate surface area is 114 Å². The average Bonchev–Trinajstić information content (AvgIpc) is 2.34. The molecule has 0 bridgehead atoms. The van der Waals surface area contributed by atoms with Crippen LogP contribution in [-0.2, 0) is 13.6 Å². The zero-order valence-corrected chi connectivity index (χ0v) is 12.6. The van der Waals surface area contributed by atoms with Crippen LogP contribution in [0.1, 0.15) is 32.6 Å². The number of alkyl halides is 2. The highest BCUT2D eigenvalue weighted by molar-refractivity contribution is 7.54. The lowest BCUT2D eigenvalue weighted by atomic mass is 10.2. The largest absolute Gasteiger partial charge is 0.347 e. The summed E-state index contributed by atoms with van der Waals surface area (Å²) in [6.45, 7) is 2.43. The first kappa shape index (κ1) is 17.7. The smallest absolute Gasteiger partial charge is 0.318 e. The van der Waals surface area contributed by atoms with Gasteiger partial charge in [-0.2, -0.15) is 0 Å². The van der Waals surface area contributed by atoms with E-state index in [2.05, 4.69) is 6.92 Å². The summed E-state index contributed by atoms with van der Waals surface area (Å²) >= 11 is 11.0. The van der Waals surface area contributed by atoms with Gasteiger partial charge in [-0.1, -0.05) is 26.2 Å². The van der Waals surface area contributed by atoms with Crippen molar-refractivity contribution in [2.24, 2.45) is 5.73 Å². The predicted octanol–water partition coefficient (Wildman–Crippen LogP) is 3.56. The monoisotopic (exact) mass is 305 g/mol. The summed E-state index contributed by atoms with van der Waals surface area (Å²) < 4.78 is 22.7. The summed E-state index contributed by atoms with van der Waals surface area (Å²) in [6.07, 6.45) is 3.67. The lowest BCUT2D eigenvalue weighted by Gasteiger charge is -2.23. The molecular formula is C10H22Cl2NO3P. The molecule has 0 aromatic rings. The molecule has 0 radical (unpaired) electrons. The van der Waals surface area contributed by atoms with Crippen molar-refractivity contribution in [2.75, 3.05) is 25.0 Å². The Morgan fingerprint density at radius 3 is 2.12 bits per heavy atom. The minimum Gasteiger partial charge on any atom is -0.318 e. The fourth-order valence-corrected chi connectivity index (χ4v) is 3.33. The lowest BCUT2D eigenvalue weighted by molar-refractivity contribution is 0.212. The fraction of sp³-hybridized carbons (Fsp3) is 1.00. The van der Waals surface area contributed by atoms with E-state index in [1.54, 1.807) is 0 Å². The summed E-state index contributed by atoms with van der Waals surface area (Å²) in [5.41, 5.74) is 5.88. The van der Waals surface area contributed by atoms with Gasteiger partial charge in [0, 0.05) is 11.8 Å². The number of unbranched alkanes of at least 4 members (excludes halogenated alkanes) is 2. The highest BCUT2D eigenvalue weighted by Crippen LogP contribution is 2.52. The second kappa shape index (κ2) is 10.6. The van der Waals surface area contributed by atoms with Crippen LogP contribution < -0.4 is 5.73 Å². The zero-order valence-electron chi connectivity index (χ0n) is 10.2. The van der Waals surface area contributed by atoms with Gasteiger partial charge >= 0.3 is 7.60 Å². The second-order valence-corrected chi connectivity index (χ2v) is 6.66. The van der Waals surface area contributed by atoms with Crippen molar-refractivity contribution in [1.29, 1.82) is 0 Å². The Kier molecular flexibility index (Phi) is 11.0. The molecule has 0 saturated carbocycles. The maximum absolute atomic E-state index is 12.3. The molecule has 17 heavy (non-hydrogen) atoms. The first-order valence-corrected chi connectivity index (χ1v) is 8.55. The van der Waals surface area contributed by atoms with Gasteiger partial charge in [0.2, 0.25) is 0 Å². The minimum absolute atomic E-state index is 0.169. The van der Waals surface area contributed by atoms with Gasteiger partial charge in [0.05, 0.1) is 13.2 Å². The Morgan fingerprint density at radius 1 is 1.18 bits per heavy atom. The second-order valence-electron chi connectivity index (χ2n) is 3.65. The molecule has 104 valence electrons. The molecule has 0 rings (SSSR count). The van der Waals surface area contributed by atoms with Crippen LogP contribution in [0.15, 0.2) is 0 Å². The fourth-order valence-electron chi connectivity index (χ4n) is 1.31. The van der Waals surface area contributed by atoms with Crippen molar-refractivity contribution in [1.82, 2.24) is 0 Å². The van der Waals surface area contributed by atoms with Gasteiger partial charge in [-0.3, -0.25) is 4.57 Å². The SMILES string of the molecule is CCCCCC(N)P(=O)(OCCCl)OCCCl. The summed E-state index contributed by atoms with van der Waals surface area (Å²) in [5.74, 6) is -0.0771. The van der Waals surface area contributed by atoms with Gasteiger partial charge in [0.15, 0.2) is 0 Å². The van der Waals surface area contributed by atoms with E-state index in [0.717, 1.165) is 19.3 Å². The van der Waals surface area contributed by atoms with Crippen molar-refractivity contribution in [2.45, 2.75) is 38.4 Å². The van der Waals surface area contributed by atoms with Crippen molar-refractivity contribution in [3.8, 4) is 0 Å². The number of hydrogen-bond donors (Lipinski definition) is 1. The molecule has 4 nitrogen and oxygen atoms in total. The number of hydrogen-bond acceptors (Lipinski definition) is 4. The molecule has 0 aliphatic heterocycles. The molecule has 0 heterocycles. The molecule has 7 heteroatoms. The zero-order chi connectivity index (χ0) is 13.1. The van der Waals surface area contributed by atoms with Crippen LogP contribution in [0.2, 0.25) is 0 Å². The predicted molar refractivity (Wildman–Crippen MR) is 73.1 cm³/mol. The third-order valence-corrected chi connectivity index (χ3v) is 4.67. The third kappa shape index (κ3) is 7.66. The molecule has 0 fully saturated rings. The van der Waals surface area contributed by atoms with E-state index < -0.39 is 13.4 Å². The molecule has 1 atom stereocenters. The normalized spacial score (nSPS) is 13.9. The number of nitrogens with two attached hydrogens (primary N) is 1.